The minimum atomic E-state index is -2.60. The fraction of sp³-hybridized carbons (Fsp3) is 0.529. The number of alkyl halides is 2. The van der Waals surface area contributed by atoms with Crippen LogP contribution in [0.1, 0.15) is 44.6 Å². The molecule has 1 aliphatic carbocycles. The van der Waals surface area contributed by atoms with Gasteiger partial charge < -0.3 is 4.74 Å². The predicted octanol–water partition coefficient (Wildman–Crippen LogP) is 3.60. The Hall–Kier alpha value is -1.98. The SMILES string of the molecule is CCOc1ccc(C2=NN(C3CCC(F)(F)CC3)C(=O)C2)cc1. The van der Waals surface area contributed by atoms with Crippen LogP contribution < -0.4 is 4.74 Å². The highest BCUT2D eigenvalue weighted by molar-refractivity contribution is 6.13. The number of nitrogens with zero attached hydrogens (tertiary/aromatic N) is 2. The summed E-state index contributed by atoms with van der Waals surface area (Å²) in [5.41, 5.74) is 1.56. The Balaban J connectivity index is 1.71. The fourth-order valence-electron chi connectivity index (χ4n) is 3.07. The van der Waals surface area contributed by atoms with Crippen molar-refractivity contribution >= 4 is 11.6 Å². The molecule has 0 radical (unpaired) electrons. The van der Waals surface area contributed by atoms with Gasteiger partial charge in [-0.3, -0.25) is 4.79 Å². The van der Waals surface area contributed by atoms with Crippen LogP contribution in [-0.2, 0) is 4.79 Å². The smallest absolute Gasteiger partial charge is 0.249 e. The molecule has 4 nitrogen and oxygen atoms in total. The number of benzene rings is 1. The molecule has 23 heavy (non-hydrogen) atoms. The zero-order valence-corrected chi connectivity index (χ0v) is 13.1. The molecule has 124 valence electrons. The summed E-state index contributed by atoms with van der Waals surface area (Å²) in [7, 11) is 0. The lowest BCUT2D eigenvalue weighted by Crippen LogP contribution is -2.39. The lowest BCUT2D eigenvalue weighted by molar-refractivity contribution is -0.133. The van der Waals surface area contributed by atoms with Gasteiger partial charge in [-0.25, -0.2) is 13.8 Å². The molecule has 0 aromatic heterocycles. The van der Waals surface area contributed by atoms with Crippen LogP contribution in [0.5, 0.6) is 5.75 Å². The van der Waals surface area contributed by atoms with E-state index in [1.54, 1.807) is 0 Å². The largest absolute Gasteiger partial charge is 0.494 e. The second-order valence-corrected chi connectivity index (χ2v) is 6.01. The van der Waals surface area contributed by atoms with Gasteiger partial charge in [0.15, 0.2) is 0 Å². The standard InChI is InChI=1S/C17H20F2N2O2/c1-2-23-14-5-3-12(4-6-14)15-11-16(22)21(20-15)13-7-9-17(18,19)10-8-13/h3-6,13H,2,7-11H2,1H3. The first-order valence-corrected chi connectivity index (χ1v) is 7.99. The van der Waals surface area contributed by atoms with Gasteiger partial charge in [-0.2, -0.15) is 5.10 Å². The molecule has 1 amide bonds. The maximum Gasteiger partial charge on any atom is 0.249 e. The van der Waals surface area contributed by atoms with Gasteiger partial charge in [0.25, 0.3) is 0 Å². The molecule has 1 aliphatic heterocycles. The number of hydrazone groups is 1. The van der Waals surface area contributed by atoms with Crippen molar-refractivity contribution in [3.8, 4) is 5.75 Å². The van der Waals surface area contributed by atoms with E-state index in [0.29, 0.717) is 25.2 Å². The Bertz CT molecular complexity index is 604. The van der Waals surface area contributed by atoms with Crippen LogP contribution >= 0.6 is 0 Å². The van der Waals surface area contributed by atoms with Crippen LogP contribution in [-0.4, -0.2) is 35.2 Å². The summed E-state index contributed by atoms with van der Waals surface area (Å²) in [4.78, 5) is 12.2. The molecule has 2 aliphatic rings. The average molecular weight is 322 g/mol. The summed E-state index contributed by atoms with van der Waals surface area (Å²) in [5, 5.41) is 5.82. The summed E-state index contributed by atoms with van der Waals surface area (Å²) >= 11 is 0. The number of hydrogen-bond donors (Lipinski definition) is 0. The third kappa shape index (κ3) is 3.51. The quantitative estimate of drug-likeness (QED) is 0.850. The molecule has 0 unspecified atom stereocenters. The first kappa shape index (κ1) is 15.9. The summed E-state index contributed by atoms with van der Waals surface area (Å²) in [6.07, 6.45) is 0.489. The van der Waals surface area contributed by atoms with Crippen LogP contribution in [0.15, 0.2) is 29.4 Å². The lowest BCUT2D eigenvalue weighted by atomic mass is 9.92. The monoisotopic (exact) mass is 322 g/mol. The summed E-state index contributed by atoms with van der Waals surface area (Å²) in [6, 6.07) is 7.22. The van der Waals surface area contributed by atoms with Gasteiger partial charge in [-0.05, 0) is 49.6 Å². The van der Waals surface area contributed by atoms with Gasteiger partial charge in [-0.1, -0.05) is 0 Å². The van der Waals surface area contributed by atoms with Crippen LogP contribution in [0.4, 0.5) is 8.78 Å². The van der Waals surface area contributed by atoms with E-state index in [1.165, 1.54) is 5.01 Å². The van der Waals surface area contributed by atoms with E-state index >= 15 is 0 Å². The minimum absolute atomic E-state index is 0.107. The lowest BCUT2D eigenvalue weighted by Gasteiger charge is -2.32. The number of rotatable bonds is 4. The number of ether oxygens (including phenoxy) is 1. The number of halogens is 2. The van der Waals surface area contributed by atoms with Crippen molar-refractivity contribution in [3.05, 3.63) is 29.8 Å². The van der Waals surface area contributed by atoms with E-state index in [9.17, 15) is 13.6 Å². The second kappa shape index (κ2) is 6.26. The highest BCUT2D eigenvalue weighted by Crippen LogP contribution is 2.36. The zero-order chi connectivity index (χ0) is 16.4. The first-order valence-electron chi connectivity index (χ1n) is 7.99. The van der Waals surface area contributed by atoms with Gasteiger partial charge in [0.05, 0.1) is 24.8 Å². The van der Waals surface area contributed by atoms with Gasteiger partial charge in [0, 0.05) is 12.8 Å². The van der Waals surface area contributed by atoms with Crippen molar-refractivity contribution in [1.29, 1.82) is 0 Å². The second-order valence-electron chi connectivity index (χ2n) is 6.01. The molecule has 1 aromatic carbocycles. The maximum atomic E-state index is 13.3. The van der Waals surface area contributed by atoms with Gasteiger partial charge >= 0.3 is 0 Å². The van der Waals surface area contributed by atoms with Crippen molar-refractivity contribution < 1.29 is 18.3 Å². The van der Waals surface area contributed by atoms with Crippen LogP contribution in [0, 0.1) is 0 Å². The highest BCUT2D eigenvalue weighted by atomic mass is 19.3. The average Bonchev–Trinajstić information content (AvgIpc) is 2.90. The summed E-state index contributed by atoms with van der Waals surface area (Å²) in [6.45, 7) is 2.51. The maximum absolute atomic E-state index is 13.3. The van der Waals surface area contributed by atoms with E-state index in [2.05, 4.69) is 5.10 Å². The van der Waals surface area contributed by atoms with Gasteiger partial charge in [0.2, 0.25) is 11.8 Å². The van der Waals surface area contributed by atoms with E-state index in [1.807, 2.05) is 31.2 Å². The van der Waals surface area contributed by atoms with Crippen molar-refractivity contribution in [2.75, 3.05) is 6.61 Å². The molecule has 1 aromatic rings. The van der Waals surface area contributed by atoms with E-state index in [-0.39, 0.29) is 31.2 Å². The Labute approximate surface area is 134 Å². The van der Waals surface area contributed by atoms with Crippen LogP contribution in [0.25, 0.3) is 0 Å². The summed E-state index contributed by atoms with van der Waals surface area (Å²) in [5.74, 6) is -1.93. The topological polar surface area (TPSA) is 41.9 Å². The molecule has 0 bridgehead atoms. The molecule has 0 atom stereocenters. The Kier molecular flexibility index (Phi) is 4.33. The predicted molar refractivity (Wildman–Crippen MR) is 82.8 cm³/mol. The molecular formula is C17H20F2N2O2. The van der Waals surface area contributed by atoms with Crippen LogP contribution in [0.2, 0.25) is 0 Å². The van der Waals surface area contributed by atoms with Crippen molar-refractivity contribution in [2.24, 2.45) is 5.10 Å². The number of carbonyl (C=O) groups is 1. The number of carbonyl (C=O) groups excluding carboxylic acids is 1. The molecular weight excluding hydrogens is 302 g/mol. The van der Waals surface area contributed by atoms with E-state index in [0.717, 1.165) is 11.3 Å². The van der Waals surface area contributed by atoms with Gasteiger partial charge in [-0.15, -0.1) is 0 Å². The molecule has 1 saturated carbocycles. The molecule has 0 N–H and O–H groups in total. The highest BCUT2D eigenvalue weighted by Gasteiger charge is 2.40. The Morgan fingerprint density at radius 2 is 1.91 bits per heavy atom. The third-order valence-corrected chi connectivity index (χ3v) is 4.33. The molecule has 1 fully saturated rings. The van der Waals surface area contributed by atoms with Crippen molar-refractivity contribution in [3.63, 3.8) is 0 Å². The number of hydrogen-bond acceptors (Lipinski definition) is 3. The van der Waals surface area contributed by atoms with Crippen LogP contribution in [0.3, 0.4) is 0 Å². The first-order chi connectivity index (χ1) is 11.0. The van der Waals surface area contributed by atoms with Crippen molar-refractivity contribution in [2.45, 2.75) is 51.0 Å². The van der Waals surface area contributed by atoms with E-state index < -0.39 is 5.92 Å². The molecule has 1 heterocycles. The molecule has 0 spiro atoms. The zero-order valence-electron chi connectivity index (χ0n) is 13.1. The molecule has 6 heteroatoms. The van der Waals surface area contributed by atoms with E-state index in [4.69, 9.17) is 4.74 Å². The van der Waals surface area contributed by atoms with Gasteiger partial charge in [0.1, 0.15) is 5.75 Å². The Morgan fingerprint density at radius 1 is 1.26 bits per heavy atom. The molecule has 0 saturated heterocycles. The summed E-state index contributed by atoms with van der Waals surface area (Å²) < 4.78 is 31.9. The minimum Gasteiger partial charge on any atom is -0.494 e. The molecule has 3 rings (SSSR count). The fourth-order valence-corrected chi connectivity index (χ4v) is 3.07. The Morgan fingerprint density at radius 3 is 2.52 bits per heavy atom. The normalized spacial score (nSPS) is 21.4. The third-order valence-electron chi connectivity index (χ3n) is 4.33. The number of amides is 1. The van der Waals surface area contributed by atoms with Crippen molar-refractivity contribution in [1.82, 2.24) is 5.01 Å².